The smallest absolute Gasteiger partial charge is 0.391 e. The molecule has 0 rings (SSSR count). The molecule has 0 saturated carbocycles. The maximum absolute atomic E-state index is 12.8. The molecule has 0 saturated heterocycles. The van der Waals surface area contributed by atoms with Crippen molar-refractivity contribution in [2.24, 2.45) is 5.73 Å². The summed E-state index contributed by atoms with van der Waals surface area (Å²) < 4.78 is 22.2. The Morgan fingerprint density at radius 1 is 0.623 bits per heavy atom. The van der Waals surface area contributed by atoms with Gasteiger partial charge in [0.25, 0.3) is 0 Å². The van der Waals surface area contributed by atoms with Gasteiger partial charge >= 0.3 is 7.82 Å². The highest BCUT2D eigenvalue weighted by Crippen LogP contribution is 2.43. The number of carbonyl (C=O) groups is 1. The molecule has 0 aromatic carbocycles. The number of phosphoric ester groups is 1. The molecule has 0 aromatic rings. The normalized spacial score (nSPS) is 14.3. The van der Waals surface area contributed by atoms with E-state index in [9.17, 15) is 19.4 Å². The number of unbranched alkanes of at least 4 members (excludes halogenated alkanes) is 26. The molecule has 0 aliphatic carbocycles. The largest absolute Gasteiger partial charge is 0.472 e. The van der Waals surface area contributed by atoms with Crippen molar-refractivity contribution in [2.75, 3.05) is 19.8 Å². The van der Waals surface area contributed by atoms with Crippen LogP contribution >= 0.6 is 7.82 Å². The van der Waals surface area contributed by atoms with Crippen LogP contribution in [-0.2, 0) is 18.4 Å². The first-order valence-electron chi connectivity index (χ1n) is 22.5. The Balaban J connectivity index is 4.16. The summed E-state index contributed by atoms with van der Waals surface area (Å²) in [5.74, 6) is -0.174. The molecule has 8 nitrogen and oxygen atoms in total. The quantitative estimate of drug-likeness (QED) is 0.0276. The number of carbonyl (C=O) groups excluding carboxylic acids is 1. The molecule has 3 unspecified atom stereocenters. The maximum atomic E-state index is 12.8. The maximum Gasteiger partial charge on any atom is 0.472 e. The van der Waals surface area contributed by atoms with Gasteiger partial charge in [-0.05, 0) is 44.9 Å². The number of hydrogen-bond donors (Lipinski definition) is 4. The van der Waals surface area contributed by atoms with Gasteiger partial charge in [0.2, 0.25) is 5.91 Å². The highest BCUT2D eigenvalue weighted by molar-refractivity contribution is 7.47. The number of nitrogens with two attached hydrogens (primary N) is 1. The first kappa shape index (κ1) is 52.0. The van der Waals surface area contributed by atoms with Crippen molar-refractivity contribution < 1.29 is 28.4 Å². The molecule has 0 radical (unpaired) electrons. The molecule has 9 heteroatoms. The van der Waals surface area contributed by atoms with Crippen LogP contribution in [0.15, 0.2) is 24.3 Å². The first-order chi connectivity index (χ1) is 25.9. The molecule has 1 amide bonds. The van der Waals surface area contributed by atoms with Crippen LogP contribution in [-0.4, -0.2) is 47.8 Å². The zero-order valence-electron chi connectivity index (χ0n) is 34.8. The number of amides is 1. The van der Waals surface area contributed by atoms with Crippen LogP contribution in [0, 0.1) is 0 Å². The summed E-state index contributed by atoms with van der Waals surface area (Å²) in [4.78, 5) is 22.7. The fourth-order valence-electron chi connectivity index (χ4n) is 6.64. The second-order valence-electron chi connectivity index (χ2n) is 15.3. The fraction of sp³-hybridized carbons (Fsp3) is 0.886. The van der Waals surface area contributed by atoms with Crippen LogP contribution in [0.2, 0.25) is 0 Å². The summed E-state index contributed by atoms with van der Waals surface area (Å²) >= 11 is 0. The molecule has 314 valence electrons. The van der Waals surface area contributed by atoms with Gasteiger partial charge in [-0.2, -0.15) is 0 Å². The van der Waals surface area contributed by atoms with Crippen molar-refractivity contribution in [3.05, 3.63) is 24.3 Å². The number of aliphatic hydroxyl groups excluding tert-OH is 1. The van der Waals surface area contributed by atoms with Crippen LogP contribution in [0.25, 0.3) is 0 Å². The summed E-state index contributed by atoms with van der Waals surface area (Å²) in [6.45, 7) is 4.19. The van der Waals surface area contributed by atoms with E-state index in [4.69, 9.17) is 14.8 Å². The highest BCUT2D eigenvalue weighted by atomic mass is 31.2. The van der Waals surface area contributed by atoms with E-state index in [1.807, 2.05) is 0 Å². The van der Waals surface area contributed by atoms with E-state index in [2.05, 4.69) is 43.5 Å². The van der Waals surface area contributed by atoms with Gasteiger partial charge in [0.15, 0.2) is 0 Å². The molecule has 0 spiro atoms. The van der Waals surface area contributed by atoms with Gasteiger partial charge in [-0.25, -0.2) is 4.57 Å². The third-order valence-corrected chi connectivity index (χ3v) is 11.0. The predicted octanol–water partition coefficient (Wildman–Crippen LogP) is 12.6. The van der Waals surface area contributed by atoms with E-state index >= 15 is 0 Å². The molecular weight excluding hydrogens is 683 g/mol. The topological polar surface area (TPSA) is 131 Å². The van der Waals surface area contributed by atoms with Gasteiger partial charge in [0.1, 0.15) is 0 Å². The number of rotatable bonds is 42. The van der Waals surface area contributed by atoms with Gasteiger partial charge in [0, 0.05) is 13.0 Å². The van der Waals surface area contributed by atoms with Gasteiger partial charge in [-0.1, -0.05) is 192 Å². The predicted molar refractivity (Wildman–Crippen MR) is 226 cm³/mol. The Hall–Kier alpha value is -1.02. The number of allylic oxidation sites excluding steroid dienone is 4. The van der Waals surface area contributed by atoms with Crippen LogP contribution in [0.1, 0.15) is 219 Å². The van der Waals surface area contributed by atoms with Crippen LogP contribution in [0.4, 0.5) is 0 Å². The summed E-state index contributed by atoms with van der Waals surface area (Å²) in [5.41, 5.74) is 5.38. The van der Waals surface area contributed by atoms with E-state index in [1.54, 1.807) is 0 Å². The third kappa shape index (κ3) is 39.0. The summed E-state index contributed by atoms with van der Waals surface area (Å²) in [5, 5.41) is 13.8. The third-order valence-electron chi connectivity index (χ3n) is 10.1. The summed E-state index contributed by atoms with van der Waals surface area (Å²) in [6, 6.07) is -0.780. The number of hydrogen-bond acceptors (Lipinski definition) is 6. The van der Waals surface area contributed by atoms with Gasteiger partial charge < -0.3 is 21.1 Å². The Morgan fingerprint density at radius 2 is 1.04 bits per heavy atom. The number of aliphatic hydroxyl groups is 1. The summed E-state index contributed by atoms with van der Waals surface area (Å²) in [6.07, 6.45) is 46.1. The van der Waals surface area contributed by atoms with Gasteiger partial charge in [-0.3, -0.25) is 13.8 Å². The van der Waals surface area contributed by atoms with E-state index in [-0.39, 0.29) is 25.7 Å². The Kier molecular flexibility index (Phi) is 39.9. The molecule has 5 N–H and O–H groups in total. The highest BCUT2D eigenvalue weighted by Gasteiger charge is 2.27. The lowest BCUT2D eigenvalue weighted by Crippen LogP contribution is -2.46. The van der Waals surface area contributed by atoms with Gasteiger partial charge in [-0.15, -0.1) is 0 Å². The Labute approximate surface area is 327 Å². The number of phosphoric acid groups is 1. The Bertz CT molecular complexity index is 886. The van der Waals surface area contributed by atoms with Crippen molar-refractivity contribution in [2.45, 2.75) is 231 Å². The van der Waals surface area contributed by atoms with E-state index < -0.39 is 20.0 Å². The van der Waals surface area contributed by atoms with Crippen molar-refractivity contribution in [1.29, 1.82) is 0 Å². The average Bonchev–Trinajstić information content (AvgIpc) is 3.14. The molecule has 0 heterocycles. The molecule has 0 fully saturated rings. The van der Waals surface area contributed by atoms with Crippen molar-refractivity contribution >= 4 is 13.7 Å². The van der Waals surface area contributed by atoms with Crippen molar-refractivity contribution in [3.8, 4) is 0 Å². The van der Waals surface area contributed by atoms with Crippen molar-refractivity contribution in [3.63, 3.8) is 0 Å². The lowest BCUT2D eigenvalue weighted by molar-refractivity contribution is -0.123. The van der Waals surface area contributed by atoms with E-state index in [0.29, 0.717) is 12.8 Å². The van der Waals surface area contributed by atoms with Crippen LogP contribution in [0.3, 0.4) is 0 Å². The lowest BCUT2D eigenvalue weighted by atomic mass is 10.0. The zero-order chi connectivity index (χ0) is 38.9. The second kappa shape index (κ2) is 40.6. The molecule has 0 aliphatic rings. The first-order valence-corrected chi connectivity index (χ1v) is 23.9. The van der Waals surface area contributed by atoms with Crippen LogP contribution < -0.4 is 11.1 Å². The second-order valence-corrected chi connectivity index (χ2v) is 16.7. The van der Waals surface area contributed by atoms with Crippen molar-refractivity contribution in [1.82, 2.24) is 5.32 Å². The lowest BCUT2D eigenvalue weighted by Gasteiger charge is -2.25. The minimum absolute atomic E-state index is 0.0870. The standard InChI is InChI=1S/C44H87N2O6P/c1-3-5-7-9-11-13-15-17-19-21-22-23-25-27-29-31-33-35-37-43(47)42(41-52-53(49,50)51-40-39-45)46-44(48)38-36-34-32-30-28-26-24-20-18-16-14-12-10-8-6-4-2/h14,16,20,24,42-43,47H,3-13,15,17-19,21-23,25-41,45H2,1-2H3,(H,46,48)(H,49,50)/b16-14-,24-20-. The van der Waals surface area contributed by atoms with Gasteiger partial charge in [0.05, 0.1) is 25.4 Å². The fourth-order valence-corrected chi connectivity index (χ4v) is 7.40. The molecular formula is C44H87N2O6P. The Morgan fingerprint density at radius 3 is 1.51 bits per heavy atom. The average molecular weight is 771 g/mol. The number of nitrogens with one attached hydrogen (secondary N) is 1. The van der Waals surface area contributed by atoms with E-state index in [1.165, 1.54) is 128 Å². The minimum atomic E-state index is -4.32. The minimum Gasteiger partial charge on any atom is -0.391 e. The van der Waals surface area contributed by atoms with E-state index in [0.717, 1.165) is 64.2 Å². The molecule has 0 aliphatic heterocycles. The molecule has 3 atom stereocenters. The molecule has 0 bridgehead atoms. The molecule has 0 aromatic heterocycles. The monoisotopic (exact) mass is 771 g/mol. The SMILES string of the molecule is CCCCCC/C=C\C/C=C\CCCCCCCC(=O)NC(COP(=O)(O)OCCN)C(O)CCCCCCCCCCCCCCCCCCCC. The van der Waals surface area contributed by atoms with Crippen LogP contribution in [0.5, 0.6) is 0 Å². The molecule has 53 heavy (non-hydrogen) atoms. The zero-order valence-corrected chi connectivity index (χ0v) is 35.7. The summed E-state index contributed by atoms with van der Waals surface area (Å²) in [7, 11) is -4.32.